The molecule has 0 spiro atoms. The first kappa shape index (κ1) is 23.0. The molecule has 1 fully saturated rings. The average Bonchev–Trinajstić information content (AvgIpc) is 2.83. The summed E-state index contributed by atoms with van der Waals surface area (Å²) < 4.78 is 0. The molecule has 6 nitrogen and oxygen atoms in total. The zero-order valence-electron chi connectivity index (χ0n) is 18.7. The number of piperidine rings is 1. The monoisotopic (exact) mass is 461 g/mol. The summed E-state index contributed by atoms with van der Waals surface area (Å²) in [6, 6.07) is 19.6. The summed E-state index contributed by atoms with van der Waals surface area (Å²) in [4.78, 5) is 19.0. The SMILES string of the molecule is Cc1ccc(Nc2ccc(C(=O)NN=CC3CCN(Cc4ccccc4Cl)CC3)nc2)cc1. The van der Waals surface area contributed by atoms with Gasteiger partial charge in [0.05, 0.1) is 11.9 Å². The number of likely N-dealkylation sites (tertiary alicyclic amines) is 1. The van der Waals surface area contributed by atoms with Crippen molar-refractivity contribution in [2.24, 2.45) is 11.0 Å². The Morgan fingerprint density at radius 2 is 1.82 bits per heavy atom. The van der Waals surface area contributed by atoms with E-state index in [0.29, 0.717) is 11.6 Å². The van der Waals surface area contributed by atoms with Crippen LogP contribution in [-0.4, -0.2) is 35.1 Å². The molecule has 1 amide bonds. The first-order chi connectivity index (χ1) is 16.1. The Kier molecular flexibility index (Phi) is 7.70. The quantitative estimate of drug-likeness (QED) is 0.364. The highest BCUT2D eigenvalue weighted by Gasteiger charge is 2.18. The lowest BCUT2D eigenvalue weighted by Crippen LogP contribution is -2.34. The van der Waals surface area contributed by atoms with Gasteiger partial charge in [-0.2, -0.15) is 5.10 Å². The maximum Gasteiger partial charge on any atom is 0.289 e. The third-order valence-corrected chi connectivity index (χ3v) is 6.14. The minimum atomic E-state index is -0.315. The molecule has 0 unspecified atom stereocenters. The van der Waals surface area contributed by atoms with Crippen LogP contribution in [0.4, 0.5) is 11.4 Å². The molecule has 2 N–H and O–H groups in total. The summed E-state index contributed by atoms with van der Waals surface area (Å²) >= 11 is 6.27. The van der Waals surface area contributed by atoms with E-state index >= 15 is 0 Å². The predicted octanol–water partition coefficient (Wildman–Crippen LogP) is 5.41. The Hall–Kier alpha value is -3.22. The third-order valence-electron chi connectivity index (χ3n) is 5.77. The number of hydrogen-bond acceptors (Lipinski definition) is 5. The van der Waals surface area contributed by atoms with Crippen LogP contribution in [0.1, 0.15) is 34.5 Å². The van der Waals surface area contributed by atoms with E-state index in [0.717, 1.165) is 54.4 Å². The van der Waals surface area contributed by atoms with Crippen molar-refractivity contribution in [1.29, 1.82) is 0 Å². The van der Waals surface area contributed by atoms with Crippen molar-refractivity contribution in [3.63, 3.8) is 0 Å². The molecule has 33 heavy (non-hydrogen) atoms. The van der Waals surface area contributed by atoms with Crippen LogP contribution in [0.2, 0.25) is 5.02 Å². The van der Waals surface area contributed by atoms with E-state index in [1.54, 1.807) is 12.3 Å². The lowest BCUT2D eigenvalue weighted by molar-refractivity contribution is 0.0950. The number of carbonyl (C=O) groups is 1. The molecule has 2 aromatic carbocycles. The summed E-state index contributed by atoms with van der Waals surface area (Å²) in [5, 5.41) is 8.26. The van der Waals surface area contributed by atoms with E-state index in [9.17, 15) is 4.79 Å². The molecule has 0 aliphatic carbocycles. The van der Waals surface area contributed by atoms with Crippen LogP contribution in [0.25, 0.3) is 0 Å². The highest BCUT2D eigenvalue weighted by molar-refractivity contribution is 6.31. The second-order valence-corrected chi connectivity index (χ2v) is 8.75. The number of amides is 1. The highest BCUT2D eigenvalue weighted by Crippen LogP contribution is 2.21. The number of nitrogens with zero attached hydrogens (tertiary/aromatic N) is 3. The fourth-order valence-electron chi connectivity index (χ4n) is 3.79. The van der Waals surface area contributed by atoms with Gasteiger partial charge in [0.15, 0.2) is 0 Å². The number of pyridine rings is 1. The van der Waals surface area contributed by atoms with Gasteiger partial charge < -0.3 is 5.32 Å². The minimum absolute atomic E-state index is 0.315. The van der Waals surface area contributed by atoms with Gasteiger partial charge in [-0.15, -0.1) is 0 Å². The van der Waals surface area contributed by atoms with Gasteiger partial charge in [-0.05, 0) is 74.7 Å². The van der Waals surface area contributed by atoms with E-state index in [1.807, 2.05) is 61.7 Å². The topological polar surface area (TPSA) is 69.6 Å². The van der Waals surface area contributed by atoms with Crippen LogP contribution >= 0.6 is 11.6 Å². The summed E-state index contributed by atoms with van der Waals surface area (Å²) in [6.45, 7) is 4.87. The van der Waals surface area contributed by atoms with Gasteiger partial charge >= 0.3 is 0 Å². The molecular formula is C26H28ClN5O. The van der Waals surface area contributed by atoms with Crippen LogP contribution in [0.15, 0.2) is 72.0 Å². The first-order valence-corrected chi connectivity index (χ1v) is 11.5. The number of benzene rings is 2. The molecule has 1 aliphatic rings. The summed E-state index contributed by atoms with van der Waals surface area (Å²) in [6.07, 6.45) is 5.49. The number of aryl methyl sites for hydroxylation is 1. The summed E-state index contributed by atoms with van der Waals surface area (Å²) in [5.74, 6) is 0.0335. The fourth-order valence-corrected chi connectivity index (χ4v) is 3.99. The Morgan fingerprint density at radius 1 is 1.09 bits per heavy atom. The standard InChI is InChI=1S/C26H28ClN5O/c1-19-6-8-22(9-7-19)30-23-10-11-25(28-17-23)26(33)31-29-16-20-12-14-32(15-13-20)18-21-4-2-3-5-24(21)27/h2-11,16-17,20,30H,12-15,18H2,1H3,(H,31,33). The largest absolute Gasteiger partial charge is 0.354 e. The molecule has 0 bridgehead atoms. The van der Waals surface area contributed by atoms with E-state index in [-0.39, 0.29) is 5.91 Å². The predicted molar refractivity (Wildman–Crippen MR) is 134 cm³/mol. The van der Waals surface area contributed by atoms with Gasteiger partial charge in [0.25, 0.3) is 5.91 Å². The van der Waals surface area contributed by atoms with Gasteiger partial charge in [-0.1, -0.05) is 47.5 Å². The van der Waals surface area contributed by atoms with Gasteiger partial charge in [-0.3, -0.25) is 9.69 Å². The van der Waals surface area contributed by atoms with Crippen LogP contribution < -0.4 is 10.7 Å². The van der Waals surface area contributed by atoms with Crippen LogP contribution in [0.3, 0.4) is 0 Å². The van der Waals surface area contributed by atoms with Crippen molar-refractivity contribution in [2.45, 2.75) is 26.3 Å². The molecule has 3 aromatic rings. The maximum atomic E-state index is 12.4. The second kappa shape index (κ2) is 11.1. The molecule has 4 rings (SSSR count). The number of nitrogens with one attached hydrogen (secondary N) is 2. The number of aromatic nitrogens is 1. The molecule has 0 saturated carbocycles. The summed E-state index contributed by atoms with van der Waals surface area (Å²) in [5.41, 5.74) is 7.08. The van der Waals surface area contributed by atoms with Crippen molar-refractivity contribution < 1.29 is 4.79 Å². The zero-order chi connectivity index (χ0) is 23.0. The minimum Gasteiger partial charge on any atom is -0.354 e. The Bertz CT molecular complexity index is 1090. The zero-order valence-corrected chi connectivity index (χ0v) is 19.4. The first-order valence-electron chi connectivity index (χ1n) is 11.2. The van der Waals surface area contributed by atoms with Crippen molar-refractivity contribution >= 4 is 35.1 Å². The molecular weight excluding hydrogens is 434 g/mol. The summed E-state index contributed by atoms with van der Waals surface area (Å²) in [7, 11) is 0. The molecule has 1 saturated heterocycles. The van der Waals surface area contributed by atoms with Crippen LogP contribution in [0.5, 0.6) is 0 Å². The maximum absolute atomic E-state index is 12.4. The average molecular weight is 462 g/mol. The Balaban J connectivity index is 1.21. The number of hydrazone groups is 1. The molecule has 1 aliphatic heterocycles. The van der Waals surface area contributed by atoms with Crippen LogP contribution in [0, 0.1) is 12.8 Å². The van der Waals surface area contributed by atoms with E-state index < -0.39 is 0 Å². The van der Waals surface area contributed by atoms with Gasteiger partial charge in [0, 0.05) is 23.5 Å². The van der Waals surface area contributed by atoms with Gasteiger partial charge in [-0.25, -0.2) is 10.4 Å². The number of halogens is 1. The lowest BCUT2D eigenvalue weighted by Gasteiger charge is -2.30. The molecule has 7 heteroatoms. The smallest absolute Gasteiger partial charge is 0.289 e. The fraction of sp³-hybridized carbons (Fsp3) is 0.269. The van der Waals surface area contributed by atoms with E-state index in [2.05, 4.69) is 31.8 Å². The van der Waals surface area contributed by atoms with E-state index in [1.165, 1.54) is 5.56 Å². The lowest BCUT2D eigenvalue weighted by atomic mass is 9.98. The van der Waals surface area contributed by atoms with Crippen molar-refractivity contribution in [1.82, 2.24) is 15.3 Å². The van der Waals surface area contributed by atoms with Gasteiger partial charge in [0.2, 0.25) is 0 Å². The number of hydrogen-bond donors (Lipinski definition) is 2. The van der Waals surface area contributed by atoms with Crippen LogP contribution in [-0.2, 0) is 6.54 Å². The van der Waals surface area contributed by atoms with Gasteiger partial charge in [0.1, 0.15) is 5.69 Å². The Labute approximate surface area is 199 Å². The number of carbonyl (C=O) groups excluding carboxylic acids is 1. The molecule has 0 atom stereocenters. The van der Waals surface area contributed by atoms with Crippen molar-refractivity contribution in [3.8, 4) is 0 Å². The number of anilines is 2. The van der Waals surface area contributed by atoms with E-state index in [4.69, 9.17) is 11.6 Å². The molecule has 2 heterocycles. The highest BCUT2D eigenvalue weighted by atomic mass is 35.5. The molecule has 170 valence electrons. The number of rotatable bonds is 7. The molecule has 0 radical (unpaired) electrons. The Morgan fingerprint density at radius 3 is 2.52 bits per heavy atom. The normalized spacial score (nSPS) is 15.0. The third kappa shape index (κ3) is 6.63. The molecule has 1 aromatic heterocycles. The van der Waals surface area contributed by atoms with Crippen molar-refractivity contribution in [2.75, 3.05) is 18.4 Å². The van der Waals surface area contributed by atoms with Crippen molar-refractivity contribution in [3.05, 3.63) is 88.7 Å². The second-order valence-electron chi connectivity index (χ2n) is 8.35.